The monoisotopic (exact) mass is 343 g/mol. The molecule has 0 amide bonds. The molecule has 0 aromatic heterocycles. The number of hydrogen-bond acceptors (Lipinski definition) is 6. The first-order valence-electron chi connectivity index (χ1n) is 5.90. The Morgan fingerprint density at radius 2 is 1.55 bits per heavy atom. The molecule has 0 saturated carbocycles. The van der Waals surface area contributed by atoms with Crippen molar-refractivity contribution in [2.45, 2.75) is 12.2 Å². The van der Waals surface area contributed by atoms with Crippen molar-refractivity contribution >= 4 is 29.8 Å². The van der Waals surface area contributed by atoms with Crippen molar-refractivity contribution < 1.29 is 26.9 Å². The standard InChI is InChI=1S/C11H20O6PS2/c1-4-6-19(13)8-10-11(9-20(14)7-5-2)17-18(12,15-3)16-10/h4-5,10-12H,1-2,6-9H2,3H3/q+1. The minimum atomic E-state index is -3.38. The van der Waals surface area contributed by atoms with E-state index in [9.17, 15) is 13.3 Å². The molecule has 0 aromatic carbocycles. The van der Waals surface area contributed by atoms with Gasteiger partial charge in [-0.25, -0.2) is 0 Å². The Labute approximate surface area is 124 Å². The van der Waals surface area contributed by atoms with Gasteiger partial charge >= 0.3 is 8.17 Å². The van der Waals surface area contributed by atoms with Crippen molar-refractivity contribution in [2.24, 2.45) is 0 Å². The zero-order valence-corrected chi connectivity index (χ0v) is 13.8. The zero-order chi connectivity index (χ0) is 15.2. The summed E-state index contributed by atoms with van der Waals surface area (Å²) in [5.41, 5.74) is 0. The number of hydrogen-bond donors (Lipinski definition) is 1. The van der Waals surface area contributed by atoms with E-state index in [-0.39, 0.29) is 11.5 Å². The lowest BCUT2D eigenvalue weighted by Crippen LogP contribution is -2.33. The van der Waals surface area contributed by atoms with E-state index < -0.39 is 42.0 Å². The third kappa shape index (κ3) is 5.44. The van der Waals surface area contributed by atoms with Crippen molar-refractivity contribution in [3.63, 3.8) is 0 Å². The molecule has 1 N–H and O–H groups in total. The van der Waals surface area contributed by atoms with E-state index in [1.165, 1.54) is 7.11 Å². The van der Waals surface area contributed by atoms with E-state index in [1.807, 2.05) is 0 Å². The van der Waals surface area contributed by atoms with Crippen molar-refractivity contribution in [1.29, 1.82) is 0 Å². The first kappa shape index (κ1) is 18.1. The van der Waals surface area contributed by atoms with Crippen LogP contribution in [0.2, 0.25) is 0 Å². The van der Waals surface area contributed by atoms with Crippen LogP contribution in [0.15, 0.2) is 25.3 Å². The van der Waals surface area contributed by atoms with Crippen LogP contribution >= 0.6 is 8.17 Å². The van der Waals surface area contributed by atoms with E-state index in [2.05, 4.69) is 13.2 Å². The third-order valence-corrected chi connectivity index (χ3v) is 6.64. The van der Waals surface area contributed by atoms with Gasteiger partial charge in [0.25, 0.3) is 0 Å². The van der Waals surface area contributed by atoms with Gasteiger partial charge < -0.3 is 0 Å². The molecular formula is C11H20O6PS2+. The van der Waals surface area contributed by atoms with Crippen molar-refractivity contribution in [3.05, 3.63) is 25.3 Å². The van der Waals surface area contributed by atoms with Gasteiger partial charge in [0.15, 0.2) is 12.2 Å². The fourth-order valence-corrected chi connectivity index (χ4v) is 5.25. The average Bonchev–Trinajstić information content (AvgIpc) is 2.67. The fourth-order valence-electron chi connectivity index (χ4n) is 1.63. The van der Waals surface area contributed by atoms with Gasteiger partial charge in [-0.15, -0.1) is 22.2 Å². The molecule has 0 spiro atoms. The predicted molar refractivity (Wildman–Crippen MR) is 82.0 cm³/mol. The van der Waals surface area contributed by atoms with Gasteiger partial charge in [0.1, 0.15) is 0 Å². The Kier molecular flexibility index (Phi) is 7.68. The molecule has 1 aliphatic heterocycles. The Hall–Kier alpha value is 0.0500. The summed E-state index contributed by atoms with van der Waals surface area (Å²) in [6.45, 7) is 7.04. The van der Waals surface area contributed by atoms with E-state index in [1.54, 1.807) is 12.2 Å². The molecule has 0 bridgehead atoms. The highest BCUT2D eigenvalue weighted by atomic mass is 32.2. The van der Waals surface area contributed by atoms with E-state index in [0.29, 0.717) is 11.5 Å². The van der Waals surface area contributed by atoms with Gasteiger partial charge in [0.05, 0.1) is 18.6 Å². The summed E-state index contributed by atoms with van der Waals surface area (Å²) in [7, 11) is -4.46. The van der Waals surface area contributed by atoms with Crippen LogP contribution in [0.5, 0.6) is 0 Å². The van der Waals surface area contributed by atoms with Crippen LogP contribution in [0, 0.1) is 0 Å². The summed E-state index contributed by atoms with van der Waals surface area (Å²) in [4.78, 5) is 9.93. The second-order valence-corrected chi connectivity index (χ2v) is 8.88. The largest absolute Gasteiger partial charge is 0.573 e. The van der Waals surface area contributed by atoms with Crippen LogP contribution in [-0.2, 0) is 35.2 Å². The highest BCUT2D eigenvalue weighted by Crippen LogP contribution is 2.64. The Bertz CT molecular complexity index is 370. The third-order valence-electron chi connectivity index (χ3n) is 2.49. The maximum Gasteiger partial charge on any atom is 0.573 e. The molecule has 1 aliphatic rings. The molecule has 0 radical (unpaired) electrons. The molecule has 9 heteroatoms. The van der Waals surface area contributed by atoms with Crippen LogP contribution in [0.4, 0.5) is 0 Å². The molecular weight excluding hydrogens is 323 g/mol. The van der Waals surface area contributed by atoms with E-state index in [0.717, 1.165) is 0 Å². The van der Waals surface area contributed by atoms with Crippen molar-refractivity contribution in [2.75, 3.05) is 30.1 Å². The molecule has 0 aromatic rings. The van der Waals surface area contributed by atoms with Crippen LogP contribution < -0.4 is 0 Å². The van der Waals surface area contributed by atoms with Gasteiger partial charge in [0, 0.05) is 33.1 Å². The lowest BCUT2D eigenvalue weighted by Gasteiger charge is -2.10. The van der Waals surface area contributed by atoms with Gasteiger partial charge in [-0.1, -0.05) is 12.2 Å². The molecule has 20 heavy (non-hydrogen) atoms. The minimum absolute atomic E-state index is 0.174. The minimum Gasteiger partial charge on any atom is -0.259 e. The summed E-state index contributed by atoms with van der Waals surface area (Å²) in [5.74, 6) is 1.000. The van der Waals surface area contributed by atoms with E-state index in [4.69, 9.17) is 13.6 Å². The summed E-state index contributed by atoms with van der Waals surface area (Å²) < 4.78 is 39.0. The molecule has 116 valence electrons. The highest BCUT2D eigenvalue weighted by molar-refractivity contribution is 7.85. The van der Waals surface area contributed by atoms with Crippen LogP contribution in [0.25, 0.3) is 0 Å². The topological polar surface area (TPSA) is 82.1 Å². The second-order valence-electron chi connectivity index (χ2n) is 4.06. The Morgan fingerprint density at radius 1 is 1.15 bits per heavy atom. The smallest absolute Gasteiger partial charge is 0.259 e. The molecule has 1 rings (SSSR count). The molecule has 4 atom stereocenters. The van der Waals surface area contributed by atoms with Gasteiger partial charge in [-0.2, -0.15) is 9.42 Å². The lowest BCUT2D eigenvalue weighted by atomic mass is 10.3. The maximum absolute atomic E-state index is 11.8. The summed E-state index contributed by atoms with van der Waals surface area (Å²) in [5, 5.41) is 0. The SMILES string of the molecule is C=CCS(=O)CC1O[P+](O)(OC)OC1CS(=O)CC=C. The highest BCUT2D eigenvalue weighted by Gasteiger charge is 2.59. The van der Waals surface area contributed by atoms with Gasteiger partial charge in [-0.05, 0) is 0 Å². The molecule has 1 fully saturated rings. The Morgan fingerprint density at radius 3 is 1.85 bits per heavy atom. The van der Waals surface area contributed by atoms with Crippen LogP contribution in [-0.4, -0.2) is 55.6 Å². The quantitative estimate of drug-likeness (QED) is 0.496. The number of rotatable bonds is 9. The van der Waals surface area contributed by atoms with E-state index >= 15 is 0 Å². The Balaban J connectivity index is 2.70. The molecule has 4 unspecified atom stereocenters. The lowest BCUT2D eigenvalue weighted by molar-refractivity contribution is 0.170. The summed E-state index contributed by atoms with van der Waals surface area (Å²) in [6, 6.07) is 0. The predicted octanol–water partition coefficient (Wildman–Crippen LogP) is 0.956. The summed E-state index contributed by atoms with van der Waals surface area (Å²) >= 11 is 0. The normalized spacial score (nSPS) is 32.7. The fraction of sp³-hybridized carbons (Fsp3) is 0.636. The second kappa shape index (κ2) is 8.48. The van der Waals surface area contributed by atoms with Crippen molar-refractivity contribution in [3.8, 4) is 0 Å². The molecule has 1 heterocycles. The summed E-state index contributed by atoms with van der Waals surface area (Å²) in [6.07, 6.45) is 1.88. The van der Waals surface area contributed by atoms with Gasteiger partial charge in [-0.3, -0.25) is 8.42 Å². The zero-order valence-electron chi connectivity index (χ0n) is 11.3. The first-order valence-corrected chi connectivity index (χ1v) is 10.4. The van der Waals surface area contributed by atoms with Crippen LogP contribution in [0.1, 0.15) is 0 Å². The molecule has 0 aliphatic carbocycles. The molecule has 6 nitrogen and oxygen atoms in total. The maximum atomic E-state index is 11.8. The van der Waals surface area contributed by atoms with Gasteiger partial charge in [0.2, 0.25) is 0 Å². The average molecular weight is 343 g/mol. The molecule has 1 saturated heterocycles. The van der Waals surface area contributed by atoms with Crippen LogP contribution in [0.3, 0.4) is 0 Å². The van der Waals surface area contributed by atoms with Crippen molar-refractivity contribution in [1.82, 2.24) is 0 Å². The first-order chi connectivity index (χ1) is 9.44.